The summed E-state index contributed by atoms with van der Waals surface area (Å²) in [4.78, 5) is 26.3. The molecule has 3 aromatic rings. The third kappa shape index (κ3) is 3.56. The van der Waals surface area contributed by atoms with Crippen molar-refractivity contribution >= 4 is 5.91 Å². The van der Waals surface area contributed by atoms with Crippen molar-refractivity contribution in [2.75, 3.05) is 13.6 Å². The highest BCUT2D eigenvalue weighted by Crippen LogP contribution is 2.40. The van der Waals surface area contributed by atoms with Gasteiger partial charge in [-0.15, -0.1) is 0 Å². The fraction of sp³-hybridized carbons (Fsp3) is 0.292. The zero-order valence-corrected chi connectivity index (χ0v) is 17.1. The van der Waals surface area contributed by atoms with Gasteiger partial charge in [-0.25, -0.2) is 0 Å². The van der Waals surface area contributed by atoms with Crippen LogP contribution in [0.4, 0.5) is 0 Å². The van der Waals surface area contributed by atoms with Crippen molar-refractivity contribution in [1.82, 2.24) is 14.7 Å². The van der Waals surface area contributed by atoms with Gasteiger partial charge in [0, 0.05) is 19.5 Å². The molecule has 158 valence electrons. The Morgan fingerprint density at radius 2 is 1.81 bits per heavy atom. The number of likely N-dealkylation sites (N-methyl/N-ethyl adjacent to an activating group) is 1. The monoisotopic (exact) mass is 417 g/mol. The van der Waals surface area contributed by atoms with Crippen LogP contribution in [0.2, 0.25) is 0 Å². The smallest absolute Gasteiger partial charge is 0.275 e. The minimum Gasteiger partial charge on any atom is -0.502 e. The second-order valence-electron chi connectivity index (χ2n) is 8.18. The number of hydrogen-bond acceptors (Lipinski definition) is 5. The highest BCUT2D eigenvalue weighted by molar-refractivity contribution is 5.95. The van der Waals surface area contributed by atoms with Crippen LogP contribution in [0.15, 0.2) is 65.6 Å². The number of amides is 1. The molecule has 2 aromatic carbocycles. The second-order valence-corrected chi connectivity index (χ2v) is 8.18. The van der Waals surface area contributed by atoms with Crippen molar-refractivity contribution in [3.05, 3.63) is 87.8 Å². The molecule has 7 heteroatoms. The van der Waals surface area contributed by atoms with Crippen LogP contribution in [0.25, 0.3) is 0 Å². The maximum atomic E-state index is 12.8. The average molecular weight is 417 g/mol. The number of aromatic hydroxyl groups is 1. The first-order valence-corrected chi connectivity index (χ1v) is 10.4. The summed E-state index contributed by atoms with van der Waals surface area (Å²) in [6.45, 7) is 0.383. The van der Waals surface area contributed by atoms with Gasteiger partial charge in [-0.05, 0) is 36.1 Å². The molecular formula is C24H23N3O4. The van der Waals surface area contributed by atoms with E-state index in [9.17, 15) is 14.7 Å². The maximum absolute atomic E-state index is 12.8. The van der Waals surface area contributed by atoms with Gasteiger partial charge < -0.3 is 14.7 Å². The molecule has 1 amide bonds. The minimum atomic E-state index is -0.662. The van der Waals surface area contributed by atoms with Crippen molar-refractivity contribution in [2.24, 2.45) is 0 Å². The molecule has 1 aliphatic carbocycles. The molecule has 31 heavy (non-hydrogen) atoms. The van der Waals surface area contributed by atoms with E-state index < -0.39 is 17.1 Å². The summed E-state index contributed by atoms with van der Waals surface area (Å²) in [6, 6.07) is 17.7. The quantitative estimate of drug-likeness (QED) is 0.690. The molecule has 0 unspecified atom stereocenters. The normalized spacial score (nSPS) is 19.1. The molecule has 0 radical (unpaired) electrons. The van der Waals surface area contributed by atoms with E-state index in [2.05, 4.69) is 5.10 Å². The Balaban J connectivity index is 1.66. The zero-order valence-electron chi connectivity index (χ0n) is 17.1. The number of benzene rings is 2. The summed E-state index contributed by atoms with van der Waals surface area (Å²) in [5.41, 5.74) is 1.33. The number of hydrogen-bond donors (Lipinski definition) is 1. The molecule has 0 spiro atoms. The predicted molar refractivity (Wildman–Crippen MR) is 115 cm³/mol. The van der Waals surface area contributed by atoms with Gasteiger partial charge in [0.05, 0.1) is 18.3 Å². The third-order valence-corrected chi connectivity index (χ3v) is 5.90. The van der Waals surface area contributed by atoms with Gasteiger partial charge in [0.15, 0.2) is 11.4 Å². The van der Waals surface area contributed by atoms with Crippen LogP contribution in [0.5, 0.6) is 11.5 Å². The van der Waals surface area contributed by atoms with Crippen LogP contribution in [0, 0.1) is 0 Å². The maximum Gasteiger partial charge on any atom is 0.275 e. The van der Waals surface area contributed by atoms with E-state index >= 15 is 0 Å². The van der Waals surface area contributed by atoms with Gasteiger partial charge in [0.25, 0.3) is 5.91 Å². The molecule has 1 saturated carbocycles. The lowest BCUT2D eigenvalue weighted by molar-refractivity contribution is 0.0686. The van der Waals surface area contributed by atoms with Crippen LogP contribution in [0.1, 0.15) is 46.4 Å². The number of fused-ring (bicyclic) bond motifs is 1. The van der Waals surface area contributed by atoms with Crippen molar-refractivity contribution in [3.63, 3.8) is 0 Å². The van der Waals surface area contributed by atoms with Crippen LogP contribution in [0.3, 0.4) is 0 Å². The topological polar surface area (TPSA) is 84.7 Å². The minimum absolute atomic E-state index is 0.0717. The standard InChI is InChI=1S/C24H23N3O4/c1-26-14-19(27-22(24(26)30)23(29)20(28)13-25-27)21(15-6-3-2-4-7-15)16-8-5-9-18(12-16)31-17-10-11-17/h2-9,12-13,17,19,21,29H,10-11,14H2,1H3/t19-,21-/m0/s1. The van der Waals surface area contributed by atoms with Crippen molar-refractivity contribution < 1.29 is 14.6 Å². The van der Waals surface area contributed by atoms with Gasteiger partial charge in [0.2, 0.25) is 5.43 Å². The highest BCUT2D eigenvalue weighted by atomic mass is 16.5. The molecular weight excluding hydrogens is 394 g/mol. The molecule has 1 fully saturated rings. The van der Waals surface area contributed by atoms with Crippen LogP contribution < -0.4 is 10.2 Å². The lowest BCUT2D eigenvalue weighted by atomic mass is 9.83. The summed E-state index contributed by atoms with van der Waals surface area (Å²) in [5.74, 6) is -0.337. The Hall–Kier alpha value is -3.61. The van der Waals surface area contributed by atoms with E-state index in [1.54, 1.807) is 7.05 Å². The number of carbonyl (C=O) groups excluding carboxylic acids is 1. The molecule has 5 rings (SSSR count). The first-order valence-electron chi connectivity index (χ1n) is 10.4. The molecule has 7 nitrogen and oxygen atoms in total. The Morgan fingerprint density at radius 1 is 1.06 bits per heavy atom. The molecule has 0 bridgehead atoms. The van der Waals surface area contributed by atoms with E-state index in [0.29, 0.717) is 6.54 Å². The fourth-order valence-electron chi connectivity index (χ4n) is 4.23. The number of ether oxygens (including phenoxy) is 1. The second kappa shape index (κ2) is 7.58. The van der Waals surface area contributed by atoms with E-state index in [0.717, 1.165) is 35.9 Å². The number of carbonyl (C=O) groups is 1. The van der Waals surface area contributed by atoms with Gasteiger partial charge in [0.1, 0.15) is 5.75 Å². The van der Waals surface area contributed by atoms with Gasteiger partial charge in [-0.2, -0.15) is 5.10 Å². The first kappa shape index (κ1) is 19.4. The molecule has 1 N–H and O–H groups in total. The Labute approximate surface area is 179 Å². The molecule has 2 atom stereocenters. The van der Waals surface area contributed by atoms with Crippen molar-refractivity contribution in [1.29, 1.82) is 0 Å². The third-order valence-electron chi connectivity index (χ3n) is 5.90. The van der Waals surface area contributed by atoms with Crippen LogP contribution >= 0.6 is 0 Å². The van der Waals surface area contributed by atoms with Crippen LogP contribution in [-0.2, 0) is 0 Å². The fourth-order valence-corrected chi connectivity index (χ4v) is 4.23. The SMILES string of the molecule is CN1C[C@@H]([C@@H](c2ccccc2)c2cccc(OC3CC3)c2)n2ncc(=O)c(O)c2C1=O. The van der Waals surface area contributed by atoms with E-state index in [1.165, 1.54) is 9.58 Å². The van der Waals surface area contributed by atoms with Crippen LogP contribution in [-0.4, -0.2) is 45.4 Å². The van der Waals surface area contributed by atoms with Gasteiger partial charge in [-0.3, -0.25) is 14.3 Å². The number of rotatable bonds is 5. The van der Waals surface area contributed by atoms with E-state index in [-0.39, 0.29) is 23.8 Å². The number of aromatic nitrogens is 2. The molecule has 2 aliphatic rings. The average Bonchev–Trinajstić information content (AvgIpc) is 3.59. The summed E-state index contributed by atoms with van der Waals surface area (Å²) in [7, 11) is 1.67. The Kier molecular flexibility index (Phi) is 4.73. The molecule has 1 aliphatic heterocycles. The van der Waals surface area contributed by atoms with E-state index in [4.69, 9.17) is 4.74 Å². The Bertz CT molecular complexity index is 1190. The summed E-state index contributed by atoms with van der Waals surface area (Å²) in [6.07, 6.45) is 3.50. The molecule has 2 heterocycles. The first-order chi connectivity index (χ1) is 15.0. The largest absolute Gasteiger partial charge is 0.502 e. The number of nitrogens with zero attached hydrogens (tertiary/aromatic N) is 3. The molecule has 0 saturated heterocycles. The zero-order chi connectivity index (χ0) is 21.5. The summed E-state index contributed by atoms with van der Waals surface area (Å²) >= 11 is 0. The van der Waals surface area contributed by atoms with Gasteiger partial charge >= 0.3 is 0 Å². The lowest BCUT2D eigenvalue weighted by Crippen LogP contribution is -2.45. The molecule has 1 aromatic heterocycles. The van der Waals surface area contributed by atoms with Crippen molar-refractivity contribution in [3.8, 4) is 11.5 Å². The lowest BCUT2D eigenvalue weighted by Gasteiger charge is -2.37. The highest BCUT2D eigenvalue weighted by Gasteiger charge is 2.38. The summed E-state index contributed by atoms with van der Waals surface area (Å²) in [5, 5.41) is 14.6. The van der Waals surface area contributed by atoms with E-state index in [1.807, 2.05) is 54.6 Å². The Morgan fingerprint density at radius 3 is 2.55 bits per heavy atom. The summed E-state index contributed by atoms with van der Waals surface area (Å²) < 4.78 is 7.52. The predicted octanol–water partition coefficient (Wildman–Crippen LogP) is 2.95. The van der Waals surface area contributed by atoms with Crippen molar-refractivity contribution in [2.45, 2.75) is 30.9 Å². The van der Waals surface area contributed by atoms with Gasteiger partial charge in [-0.1, -0.05) is 42.5 Å².